The normalized spacial score (nSPS) is 9.77. The third-order valence-electron chi connectivity index (χ3n) is 1.75. The maximum absolute atomic E-state index is 8.56. The van der Waals surface area contributed by atoms with Crippen molar-refractivity contribution in [2.75, 3.05) is 14.2 Å². The third-order valence-corrected chi connectivity index (χ3v) is 1.75. The molecule has 0 spiro atoms. The monoisotopic (exact) mass is 183 g/mol. The Hall–Kier alpha value is -1.26. The summed E-state index contributed by atoms with van der Waals surface area (Å²) in [5.41, 5.74) is 2.93. The molecule has 0 aliphatic carbocycles. The smallest absolute Gasteiger partial charge is 0.165 e. The molecule has 0 fully saturated rings. The summed E-state index contributed by atoms with van der Waals surface area (Å²) in [6, 6.07) is 5.50. The second-order valence-electron chi connectivity index (χ2n) is 2.49. The quantitative estimate of drug-likeness (QED) is 0.688. The van der Waals surface area contributed by atoms with E-state index < -0.39 is 0 Å². The summed E-state index contributed by atoms with van der Waals surface area (Å²) >= 11 is 0. The van der Waals surface area contributed by atoms with E-state index in [4.69, 9.17) is 14.7 Å². The SMILES string of the molecule is COc1cccc(CNO)c1OC. The first-order valence-corrected chi connectivity index (χ1v) is 3.90. The van der Waals surface area contributed by atoms with E-state index in [1.54, 1.807) is 20.3 Å². The lowest BCUT2D eigenvalue weighted by Crippen LogP contribution is -2.07. The van der Waals surface area contributed by atoms with E-state index in [0.29, 0.717) is 18.0 Å². The Kier molecular flexibility index (Phi) is 3.54. The molecule has 0 bridgehead atoms. The number of hydroxylamine groups is 1. The van der Waals surface area contributed by atoms with Crippen LogP contribution in [0.15, 0.2) is 18.2 Å². The van der Waals surface area contributed by atoms with Crippen molar-refractivity contribution in [2.24, 2.45) is 0 Å². The predicted molar refractivity (Wildman–Crippen MR) is 48.2 cm³/mol. The van der Waals surface area contributed by atoms with Gasteiger partial charge in [-0.05, 0) is 6.07 Å². The molecule has 0 heterocycles. The Labute approximate surface area is 77.1 Å². The first kappa shape index (κ1) is 9.83. The Bertz CT molecular complexity index is 276. The highest BCUT2D eigenvalue weighted by atomic mass is 16.5. The number of nitrogens with one attached hydrogen (secondary N) is 1. The van der Waals surface area contributed by atoms with Gasteiger partial charge in [0.1, 0.15) is 0 Å². The van der Waals surface area contributed by atoms with E-state index in [1.807, 2.05) is 12.1 Å². The highest BCUT2D eigenvalue weighted by Gasteiger charge is 2.07. The molecular weight excluding hydrogens is 170 g/mol. The maximum atomic E-state index is 8.56. The molecule has 13 heavy (non-hydrogen) atoms. The van der Waals surface area contributed by atoms with Crippen LogP contribution in [0.3, 0.4) is 0 Å². The zero-order valence-corrected chi connectivity index (χ0v) is 7.70. The first-order valence-electron chi connectivity index (χ1n) is 3.90. The van der Waals surface area contributed by atoms with Crippen LogP contribution in [0.5, 0.6) is 11.5 Å². The number of hydrogen-bond acceptors (Lipinski definition) is 4. The Morgan fingerprint density at radius 3 is 2.62 bits per heavy atom. The average Bonchev–Trinajstić information content (AvgIpc) is 2.18. The van der Waals surface area contributed by atoms with E-state index in [0.717, 1.165) is 5.56 Å². The summed E-state index contributed by atoms with van der Waals surface area (Å²) in [5, 5.41) is 8.56. The van der Waals surface area contributed by atoms with E-state index in [9.17, 15) is 0 Å². The van der Waals surface area contributed by atoms with E-state index in [-0.39, 0.29) is 0 Å². The largest absolute Gasteiger partial charge is 0.493 e. The molecule has 4 heteroatoms. The molecule has 0 saturated carbocycles. The van der Waals surface area contributed by atoms with Crippen molar-refractivity contribution in [3.8, 4) is 11.5 Å². The zero-order chi connectivity index (χ0) is 9.68. The molecule has 0 aliphatic rings. The van der Waals surface area contributed by atoms with E-state index in [1.165, 1.54) is 0 Å². The van der Waals surface area contributed by atoms with Crippen molar-refractivity contribution in [2.45, 2.75) is 6.54 Å². The fourth-order valence-electron chi connectivity index (χ4n) is 1.18. The van der Waals surface area contributed by atoms with Crippen LogP contribution in [0.1, 0.15) is 5.56 Å². The Morgan fingerprint density at radius 1 is 1.31 bits per heavy atom. The number of ether oxygens (including phenoxy) is 2. The van der Waals surface area contributed by atoms with Crippen LogP contribution in [0.4, 0.5) is 0 Å². The molecule has 0 radical (unpaired) electrons. The van der Waals surface area contributed by atoms with Crippen LogP contribution < -0.4 is 15.0 Å². The zero-order valence-electron chi connectivity index (χ0n) is 7.70. The van der Waals surface area contributed by atoms with Gasteiger partial charge in [0.25, 0.3) is 0 Å². The number of benzene rings is 1. The molecule has 1 rings (SSSR count). The summed E-state index contributed by atoms with van der Waals surface area (Å²) < 4.78 is 10.2. The van der Waals surface area contributed by atoms with Gasteiger partial charge in [-0.2, -0.15) is 0 Å². The topological polar surface area (TPSA) is 50.7 Å². The van der Waals surface area contributed by atoms with Gasteiger partial charge in [0, 0.05) is 12.1 Å². The Balaban J connectivity index is 3.03. The molecule has 1 aromatic rings. The maximum Gasteiger partial charge on any atom is 0.165 e. The molecule has 0 atom stereocenters. The van der Waals surface area contributed by atoms with Crippen LogP contribution in [-0.4, -0.2) is 19.4 Å². The van der Waals surface area contributed by atoms with Gasteiger partial charge in [0.05, 0.1) is 14.2 Å². The molecule has 0 saturated heterocycles. The van der Waals surface area contributed by atoms with Crippen molar-refractivity contribution in [3.63, 3.8) is 0 Å². The van der Waals surface area contributed by atoms with Crippen LogP contribution in [0, 0.1) is 0 Å². The molecule has 0 amide bonds. The number of hydrogen-bond donors (Lipinski definition) is 2. The van der Waals surface area contributed by atoms with Crippen molar-refractivity contribution in [1.82, 2.24) is 5.48 Å². The van der Waals surface area contributed by atoms with Gasteiger partial charge >= 0.3 is 0 Å². The lowest BCUT2D eigenvalue weighted by Gasteiger charge is -2.11. The second-order valence-corrected chi connectivity index (χ2v) is 2.49. The lowest BCUT2D eigenvalue weighted by atomic mass is 10.2. The van der Waals surface area contributed by atoms with Crippen LogP contribution in [0.2, 0.25) is 0 Å². The minimum atomic E-state index is 0.334. The molecule has 1 aromatic carbocycles. The highest BCUT2D eigenvalue weighted by Crippen LogP contribution is 2.30. The molecule has 0 aromatic heterocycles. The van der Waals surface area contributed by atoms with Gasteiger partial charge in [0.15, 0.2) is 11.5 Å². The summed E-state index contributed by atoms with van der Waals surface area (Å²) in [5.74, 6) is 1.31. The standard InChI is InChI=1S/C9H13NO3/c1-12-8-5-3-4-7(6-10-11)9(8)13-2/h3-5,10-11H,6H2,1-2H3. The summed E-state index contributed by atoms with van der Waals surface area (Å²) in [6.07, 6.45) is 0. The predicted octanol–water partition coefficient (Wildman–Crippen LogP) is 1.18. The van der Waals surface area contributed by atoms with Gasteiger partial charge in [0.2, 0.25) is 0 Å². The summed E-state index contributed by atoms with van der Waals surface area (Å²) in [6.45, 7) is 0.334. The number of para-hydroxylation sites is 1. The fraction of sp³-hybridized carbons (Fsp3) is 0.333. The minimum absolute atomic E-state index is 0.334. The first-order chi connectivity index (χ1) is 6.33. The lowest BCUT2D eigenvalue weighted by molar-refractivity contribution is 0.160. The second kappa shape index (κ2) is 4.69. The molecule has 72 valence electrons. The molecule has 0 unspecified atom stereocenters. The van der Waals surface area contributed by atoms with Crippen molar-refractivity contribution >= 4 is 0 Å². The third kappa shape index (κ3) is 2.11. The van der Waals surface area contributed by atoms with Gasteiger partial charge in [-0.25, -0.2) is 5.48 Å². The van der Waals surface area contributed by atoms with Crippen molar-refractivity contribution in [1.29, 1.82) is 0 Å². The van der Waals surface area contributed by atoms with Gasteiger partial charge in [-0.1, -0.05) is 12.1 Å². The molecule has 4 nitrogen and oxygen atoms in total. The van der Waals surface area contributed by atoms with E-state index in [2.05, 4.69) is 5.48 Å². The summed E-state index contributed by atoms with van der Waals surface area (Å²) in [4.78, 5) is 0. The van der Waals surface area contributed by atoms with Gasteiger partial charge in [-0.15, -0.1) is 0 Å². The van der Waals surface area contributed by atoms with Gasteiger partial charge in [-0.3, -0.25) is 0 Å². The van der Waals surface area contributed by atoms with E-state index >= 15 is 0 Å². The van der Waals surface area contributed by atoms with Crippen LogP contribution in [-0.2, 0) is 6.54 Å². The van der Waals surface area contributed by atoms with Gasteiger partial charge < -0.3 is 14.7 Å². The minimum Gasteiger partial charge on any atom is -0.493 e. The number of rotatable bonds is 4. The molecular formula is C9H13NO3. The number of methoxy groups -OCH3 is 2. The summed E-state index contributed by atoms with van der Waals surface area (Å²) in [7, 11) is 3.15. The Morgan fingerprint density at radius 2 is 2.08 bits per heavy atom. The molecule has 2 N–H and O–H groups in total. The molecule has 0 aliphatic heterocycles. The highest BCUT2D eigenvalue weighted by molar-refractivity contribution is 5.46. The van der Waals surface area contributed by atoms with Crippen LogP contribution >= 0.6 is 0 Å². The van der Waals surface area contributed by atoms with Crippen molar-refractivity contribution in [3.05, 3.63) is 23.8 Å². The fourth-order valence-corrected chi connectivity index (χ4v) is 1.18. The average molecular weight is 183 g/mol. The van der Waals surface area contributed by atoms with Crippen LogP contribution in [0.25, 0.3) is 0 Å². The van der Waals surface area contributed by atoms with Crippen molar-refractivity contribution < 1.29 is 14.7 Å².